The number of amides is 2. The number of nitrogens with one attached hydrogen (secondary N) is 2. The molecule has 1 saturated heterocycles. The summed E-state index contributed by atoms with van der Waals surface area (Å²) in [5.41, 5.74) is -1.28. The molecular weight excluding hydrogens is 517 g/mol. The van der Waals surface area contributed by atoms with Crippen LogP contribution in [0.5, 0.6) is 5.75 Å². The fraction of sp³-hybridized carbons (Fsp3) is 0.520. The second kappa shape index (κ2) is 9.45. The third-order valence-corrected chi connectivity index (χ3v) is 9.21. The van der Waals surface area contributed by atoms with E-state index in [1.54, 1.807) is 13.0 Å². The Morgan fingerprint density at radius 1 is 1.24 bits per heavy atom. The van der Waals surface area contributed by atoms with Crippen LogP contribution < -0.4 is 16.2 Å². The first-order chi connectivity index (χ1) is 17.9. The molecule has 0 spiro atoms. The van der Waals surface area contributed by atoms with Gasteiger partial charge in [-0.3, -0.25) is 19.0 Å². The summed E-state index contributed by atoms with van der Waals surface area (Å²) in [6, 6.07) is 3.54. The molecule has 4 heterocycles. The molecule has 204 valence electrons. The highest BCUT2D eigenvalue weighted by atomic mass is 32.2. The SMILES string of the molecule is Cc1cc(CNC(=O)c2nc3n(c(=O)c2O)CC2CCC3(NC(=O)[C@@H]3CCN3S(C)(=O)=O)CC2)ccc1F. The monoisotopic (exact) mass is 547 g/mol. The van der Waals surface area contributed by atoms with Crippen molar-refractivity contribution in [3.8, 4) is 5.75 Å². The quantitative estimate of drug-likeness (QED) is 0.486. The number of halogens is 1. The van der Waals surface area contributed by atoms with E-state index >= 15 is 0 Å². The van der Waals surface area contributed by atoms with Gasteiger partial charge in [-0.05, 0) is 62.1 Å². The topological polar surface area (TPSA) is 151 Å². The number of hydrogen-bond donors (Lipinski definition) is 3. The van der Waals surface area contributed by atoms with Crippen LogP contribution in [-0.4, -0.2) is 58.0 Å². The molecule has 0 unspecified atom stereocenters. The maximum Gasteiger partial charge on any atom is 0.296 e. The van der Waals surface area contributed by atoms with Gasteiger partial charge in [0.25, 0.3) is 11.5 Å². The minimum absolute atomic E-state index is 0.0203. The van der Waals surface area contributed by atoms with Crippen molar-refractivity contribution in [2.24, 2.45) is 5.92 Å². The fourth-order valence-electron chi connectivity index (χ4n) is 5.68. The van der Waals surface area contributed by atoms with Crippen LogP contribution in [0.15, 0.2) is 23.0 Å². The van der Waals surface area contributed by atoms with E-state index in [1.165, 1.54) is 16.7 Å². The fourth-order valence-corrected chi connectivity index (χ4v) is 6.78. The lowest BCUT2D eigenvalue weighted by Crippen LogP contribution is -2.61. The molecule has 1 atom stereocenters. The molecule has 0 radical (unpaired) electrons. The predicted octanol–water partition coefficient (Wildman–Crippen LogP) is 0.876. The molecule has 1 aliphatic carbocycles. The van der Waals surface area contributed by atoms with E-state index < -0.39 is 50.4 Å². The summed E-state index contributed by atoms with van der Waals surface area (Å²) in [5.74, 6) is -2.10. The van der Waals surface area contributed by atoms with E-state index in [0.717, 1.165) is 10.6 Å². The second-order valence-electron chi connectivity index (χ2n) is 10.5. The highest BCUT2D eigenvalue weighted by Gasteiger charge is 2.49. The van der Waals surface area contributed by atoms with Crippen molar-refractivity contribution < 1.29 is 27.5 Å². The van der Waals surface area contributed by atoms with Crippen LogP contribution in [0.25, 0.3) is 0 Å². The molecule has 1 aromatic heterocycles. The number of aromatic nitrogens is 2. The molecule has 3 N–H and O–H groups in total. The van der Waals surface area contributed by atoms with Crippen LogP contribution >= 0.6 is 0 Å². The Morgan fingerprint density at radius 2 is 1.95 bits per heavy atom. The van der Waals surface area contributed by atoms with Crippen molar-refractivity contribution in [2.45, 2.75) is 63.7 Å². The number of fused-ring (bicyclic) bond motifs is 2. The number of aryl methyl sites for hydroxylation is 1. The van der Waals surface area contributed by atoms with Crippen molar-refractivity contribution in [1.29, 1.82) is 0 Å². The van der Waals surface area contributed by atoms with E-state index in [1.807, 2.05) is 0 Å². The largest absolute Gasteiger partial charge is 0.501 e. The summed E-state index contributed by atoms with van der Waals surface area (Å²) in [5, 5.41) is 16.2. The van der Waals surface area contributed by atoms with Gasteiger partial charge in [0.1, 0.15) is 17.7 Å². The minimum atomic E-state index is -3.56. The van der Waals surface area contributed by atoms with Crippen molar-refractivity contribution >= 4 is 21.8 Å². The normalized spacial score (nSPS) is 24.7. The summed E-state index contributed by atoms with van der Waals surface area (Å²) in [7, 11) is -3.56. The van der Waals surface area contributed by atoms with E-state index in [2.05, 4.69) is 15.6 Å². The molecule has 11 nitrogen and oxygen atoms in total. The first-order valence-corrected chi connectivity index (χ1v) is 14.4. The van der Waals surface area contributed by atoms with Gasteiger partial charge in [-0.15, -0.1) is 0 Å². The third-order valence-electron chi connectivity index (χ3n) is 7.93. The van der Waals surface area contributed by atoms with E-state index in [9.17, 15) is 32.3 Å². The molecule has 1 saturated carbocycles. The predicted molar refractivity (Wildman–Crippen MR) is 134 cm³/mol. The maximum atomic E-state index is 13.6. The Morgan fingerprint density at radius 3 is 2.55 bits per heavy atom. The summed E-state index contributed by atoms with van der Waals surface area (Å²) in [6.45, 7) is 2.17. The van der Waals surface area contributed by atoms with Crippen LogP contribution in [-0.2, 0) is 33.4 Å². The van der Waals surface area contributed by atoms with E-state index in [0.29, 0.717) is 49.8 Å². The minimum Gasteiger partial charge on any atom is -0.501 e. The molecule has 3 aliphatic heterocycles. The smallest absolute Gasteiger partial charge is 0.296 e. The second-order valence-corrected chi connectivity index (χ2v) is 12.4. The lowest BCUT2D eigenvalue weighted by atomic mass is 9.77. The molecule has 2 amide bonds. The Balaban J connectivity index is 1.47. The van der Waals surface area contributed by atoms with E-state index in [-0.39, 0.29) is 30.6 Å². The van der Waals surface area contributed by atoms with Crippen molar-refractivity contribution in [1.82, 2.24) is 24.5 Å². The molecule has 6 rings (SSSR count). The maximum absolute atomic E-state index is 13.6. The highest BCUT2D eigenvalue weighted by molar-refractivity contribution is 7.88. The van der Waals surface area contributed by atoms with Crippen LogP contribution in [0.1, 0.15) is 59.5 Å². The number of aromatic hydroxyl groups is 1. The van der Waals surface area contributed by atoms with Gasteiger partial charge in [0.2, 0.25) is 21.7 Å². The Kier molecular flexibility index (Phi) is 6.54. The Labute approximate surface area is 219 Å². The van der Waals surface area contributed by atoms with Crippen LogP contribution in [0.4, 0.5) is 4.39 Å². The average molecular weight is 548 g/mol. The average Bonchev–Trinajstić information content (AvgIpc) is 3.06. The van der Waals surface area contributed by atoms with Crippen LogP contribution in [0, 0.1) is 18.7 Å². The molecule has 4 aliphatic rings. The Bertz CT molecular complexity index is 1480. The van der Waals surface area contributed by atoms with Crippen molar-refractivity contribution in [2.75, 3.05) is 12.8 Å². The van der Waals surface area contributed by atoms with E-state index in [4.69, 9.17) is 0 Å². The van der Waals surface area contributed by atoms with Crippen molar-refractivity contribution in [3.63, 3.8) is 0 Å². The van der Waals surface area contributed by atoms with Gasteiger partial charge in [-0.25, -0.2) is 17.8 Å². The number of hydrogen-bond acceptors (Lipinski definition) is 7. The molecule has 2 fully saturated rings. The molecule has 1 aromatic carbocycles. The zero-order chi connectivity index (χ0) is 27.4. The zero-order valence-electron chi connectivity index (χ0n) is 21.2. The molecule has 2 bridgehead atoms. The molecule has 38 heavy (non-hydrogen) atoms. The lowest BCUT2D eigenvalue weighted by Gasteiger charge is -2.42. The molecule has 2 aromatic rings. The van der Waals surface area contributed by atoms with Gasteiger partial charge in [-0.1, -0.05) is 12.1 Å². The van der Waals surface area contributed by atoms with Gasteiger partial charge in [-0.2, -0.15) is 4.31 Å². The number of carbonyl (C=O) groups excluding carboxylic acids is 2. The van der Waals surface area contributed by atoms with Crippen LogP contribution in [0.2, 0.25) is 0 Å². The van der Waals surface area contributed by atoms with Gasteiger partial charge < -0.3 is 15.7 Å². The van der Waals surface area contributed by atoms with Gasteiger partial charge in [0.15, 0.2) is 5.69 Å². The summed E-state index contributed by atoms with van der Waals surface area (Å²) in [6.07, 6.45) is 3.73. The highest BCUT2D eigenvalue weighted by Crippen LogP contribution is 2.43. The number of sulfonamides is 1. The zero-order valence-corrected chi connectivity index (χ0v) is 22.0. The first-order valence-electron chi connectivity index (χ1n) is 12.6. The van der Waals surface area contributed by atoms with Crippen molar-refractivity contribution in [3.05, 3.63) is 57.0 Å². The Hall–Kier alpha value is -3.32. The number of benzene rings is 1. The third kappa shape index (κ3) is 4.57. The van der Waals surface area contributed by atoms with Gasteiger partial charge >= 0.3 is 0 Å². The van der Waals surface area contributed by atoms with Crippen LogP contribution in [0.3, 0.4) is 0 Å². The van der Waals surface area contributed by atoms with Gasteiger partial charge in [0.05, 0.1) is 11.8 Å². The molecular formula is C25H30FN5O6S. The summed E-state index contributed by atoms with van der Waals surface area (Å²) < 4.78 is 40.1. The number of carbonyl (C=O) groups is 2. The molecule has 13 heteroatoms. The standard InChI is InChI=1S/C25H30FN5O6S/c1-14-11-16(3-4-17(14)26)12-27-22(34)19-20(32)23(35)30-13-15-5-8-25(9-6-15,24(30)28-19)29-21(33)18-7-10-31(18)38(2,36)37/h3-4,11,15,18,32H,5-10,12-13H2,1-2H3,(H,27,34)(H,29,33)/t15?,18-,25?/m0/s1. The number of rotatable bonds is 6. The number of nitrogens with zero attached hydrogens (tertiary/aromatic N) is 3. The lowest BCUT2D eigenvalue weighted by molar-refractivity contribution is -0.130. The van der Waals surface area contributed by atoms with Gasteiger partial charge in [0, 0.05) is 19.6 Å². The summed E-state index contributed by atoms with van der Waals surface area (Å²) in [4.78, 5) is 44.0. The first kappa shape index (κ1) is 26.3. The summed E-state index contributed by atoms with van der Waals surface area (Å²) >= 11 is 0.